The predicted molar refractivity (Wildman–Crippen MR) is 13.1 cm³/mol. The third-order valence-corrected chi connectivity index (χ3v) is 0. The fraction of sp³-hybridized carbons (Fsp3) is 0. The molecule has 0 heterocycles. The van der Waals surface area contributed by atoms with Gasteiger partial charge in [0, 0.05) is 0 Å². The molecule has 33 valence electrons. The molecule has 2 nitrogen and oxygen atoms in total. The zero-order valence-corrected chi connectivity index (χ0v) is 4.72. The first-order chi connectivity index (χ1) is 1.00. The van der Waals surface area contributed by atoms with E-state index < -0.39 is 0 Å². The van der Waals surface area contributed by atoms with Crippen LogP contribution in [-0.2, 0) is 18.8 Å². The molecule has 0 aliphatic rings. The summed E-state index contributed by atoms with van der Waals surface area (Å²) in [6.45, 7) is 0. The van der Waals surface area contributed by atoms with E-state index in [2.05, 4.69) is 9.42 Å². The molecule has 0 fully saturated rings. The zero-order chi connectivity index (χ0) is 2.00. The summed E-state index contributed by atoms with van der Waals surface area (Å²) in [7, 11) is 4.61. The second kappa shape index (κ2) is 40.6. The summed E-state index contributed by atoms with van der Waals surface area (Å²) in [5.41, 5.74) is 0. The Bertz CT molecular complexity index is 6.00. The van der Waals surface area contributed by atoms with Crippen LogP contribution in [0.15, 0.2) is 0 Å². The second-order valence-corrected chi connectivity index (χ2v) is 0. The van der Waals surface area contributed by atoms with E-state index in [0.29, 0.717) is 0 Å². The van der Waals surface area contributed by atoms with Gasteiger partial charge in [0.15, 0.2) is 0 Å². The number of hydrogen-bond donors (Lipinski definition) is 0. The van der Waals surface area contributed by atoms with E-state index in [1.165, 1.54) is 0 Å². The molecule has 4 heteroatoms. The Hall–Kier alpha value is 0.898. The van der Waals surface area contributed by atoms with Gasteiger partial charge in [0.05, 0.1) is 0 Å². The predicted octanol–water partition coefficient (Wildman–Crippen LogP) is -0.962. The Morgan fingerprint density at radius 1 is 1.00 bits per heavy atom. The Labute approximate surface area is 39.6 Å². The fourth-order valence-electron chi connectivity index (χ4n) is 0. The molecule has 0 radical (unpaired) electrons. The minimum atomic E-state index is 0. The van der Waals surface area contributed by atoms with E-state index in [1.54, 1.807) is 18.8 Å². The van der Waals surface area contributed by atoms with Gasteiger partial charge in [-0.25, -0.2) is 0 Å². The Morgan fingerprint density at radius 3 is 1.00 bits per heavy atom. The third kappa shape index (κ3) is 12.9. The van der Waals surface area contributed by atoms with Crippen LogP contribution in [0.1, 0.15) is 0 Å². The van der Waals surface area contributed by atoms with Crippen molar-refractivity contribution >= 4 is 9.42 Å². The van der Waals surface area contributed by atoms with Gasteiger partial charge in [-0.2, -0.15) is 0 Å². The van der Waals surface area contributed by atoms with E-state index in [9.17, 15) is 0 Å². The molecular weight excluding hydrogens is 263 g/mol. The van der Waals surface area contributed by atoms with Crippen molar-refractivity contribution < 1.29 is 29.7 Å². The maximum atomic E-state index is 4.61. The van der Waals surface area contributed by atoms with E-state index in [0.717, 1.165) is 0 Å². The van der Waals surface area contributed by atoms with Crippen molar-refractivity contribution in [2.75, 3.05) is 0 Å². The van der Waals surface area contributed by atoms with Gasteiger partial charge in [0.1, 0.15) is 0 Å². The first kappa shape index (κ1) is 20.7. The third-order valence-electron chi connectivity index (χ3n) is 0. The molecule has 4 N–H and O–H groups in total. The Balaban J connectivity index is -0.00000000500. The molecule has 0 spiro atoms. The summed E-state index contributed by atoms with van der Waals surface area (Å²) >= 11 is 1.61. The average molecular weight is 267 g/mol. The van der Waals surface area contributed by atoms with Gasteiger partial charge in [-0.3, -0.25) is 0 Å². The van der Waals surface area contributed by atoms with E-state index >= 15 is 0 Å². The van der Waals surface area contributed by atoms with Crippen LogP contribution >= 0.6 is 9.42 Å². The van der Waals surface area contributed by atoms with Crippen molar-refractivity contribution in [1.82, 2.24) is 0 Å². The summed E-state index contributed by atoms with van der Waals surface area (Å²) in [5, 5.41) is 0. The van der Waals surface area contributed by atoms with Crippen molar-refractivity contribution in [2.24, 2.45) is 0 Å². The molecule has 0 atom stereocenters. The minimum absolute atomic E-state index is 0. The van der Waals surface area contributed by atoms with Crippen molar-refractivity contribution in [3.8, 4) is 0 Å². The molecule has 4 heavy (non-hydrogen) atoms. The quantitative estimate of drug-likeness (QED) is 0.542. The van der Waals surface area contributed by atoms with Gasteiger partial charge in [-0.15, -0.1) is 0 Å². The van der Waals surface area contributed by atoms with Gasteiger partial charge in [0.25, 0.3) is 0 Å². The molecule has 0 aliphatic carbocycles. The molecule has 0 aromatic heterocycles. The van der Waals surface area contributed by atoms with Crippen LogP contribution in [0.2, 0.25) is 0 Å². The molecule has 0 bridgehead atoms. The standard InChI is InChI=1S/ClH.2H2O.Pt/h1H;2*1H2;/q;;;+1/p-1. The van der Waals surface area contributed by atoms with Crippen LogP contribution in [0.5, 0.6) is 0 Å². The van der Waals surface area contributed by atoms with Crippen molar-refractivity contribution in [2.45, 2.75) is 0 Å². The second-order valence-electron chi connectivity index (χ2n) is 0. The van der Waals surface area contributed by atoms with Crippen molar-refractivity contribution in [3.63, 3.8) is 0 Å². The molecular formula is H4ClO2Pt. The zero-order valence-electron chi connectivity index (χ0n) is 1.69. The molecule has 0 saturated carbocycles. The van der Waals surface area contributed by atoms with Gasteiger partial charge < -0.3 is 11.0 Å². The molecule has 0 amide bonds. The SMILES string of the molecule is O.O.[Cl][Pt]. The van der Waals surface area contributed by atoms with E-state index in [1.807, 2.05) is 0 Å². The van der Waals surface area contributed by atoms with Gasteiger partial charge >= 0.3 is 28.2 Å². The molecule has 0 unspecified atom stereocenters. The summed E-state index contributed by atoms with van der Waals surface area (Å²) < 4.78 is 0. The fourth-order valence-corrected chi connectivity index (χ4v) is 0. The summed E-state index contributed by atoms with van der Waals surface area (Å²) in [5.74, 6) is 0. The molecule has 0 aromatic carbocycles. The monoisotopic (exact) mass is 266 g/mol. The number of rotatable bonds is 0. The summed E-state index contributed by atoms with van der Waals surface area (Å²) in [4.78, 5) is 0. The molecule has 0 saturated heterocycles. The van der Waals surface area contributed by atoms with Crippen LogP contribution in [-0.4, -0.2) is 11.0 Å². The number of halogens is 1. The Morgan fingerprint density at radius 2 is 1.00 bits per heavy atom. The summed E-state index contributed by atoms with van der Waals surface area (Å²) in [6.07, 6.45) is 0. The topological polar surface area (TPSA) is 63.0 Å². The average Bonchev–Trinajstić information content (AvgIpc) is 1.00. The van der Waals surface area contributed by atoms with E-state index in [4.69, 9.17) is 0 Å². The summed E-state index contributed by atoms with van der Waals surface area (Å²) in [6, 6.07) is 0. The van der Waals surface area contributed by atoms with Gasteiger partial charge in [0.2, 0.25) is 0 Å². The molecule has 0 aliphatic heterocycles. The number of hydrogen-bond acceptors (Lipinski definition) is 0. The van der Waals surface area contributed by atoms with Crippen LogP contribution in [0.25, 0.3) is 0 Å². The van der Waals surface area contributed by atoms with Crippen LogP contribution in [0, 0.1) is 0 Å². The normalized spacial score (nSPS) is 1.75. The van der Waals surface area contributed by atoms with Gasteiger partial charge in [-0.1, -0.05) is 0 Å². The Kier molecular flexibility index (Phi) is 210. The van der Waals surface area contributed by atoms with Gasteiger partial charge in [-0.05, 0) is 0 Å². The van der Waals surface area contributed by atoms with Crippen LogP contribution in [0.3, 0.4) is 0 Å². The van der Waals surface area contributed by atoms with Crippen molar-refractivity contribution in [3.05, 3.63) is 0 Å². The first-order valence-corrected chi connectivity index (χ1v) is 2.94. The van der Waals surface area contributed by atoms with Crippen molar-refractivity contribution in [1.29, 1.82) is 0 Å². The van der Waals surface area contributed by atoms with E-state index in [-0.39, 0.29) is 11.0 Å². The van der Waals surface area contributed by atoms with Crippen LogP contribution < -0.4 is 0 Å². The molecule has 0 rings (SSSR count). The first-order valence-electron chi connectivity index (χ1n) is 0.120. The maximum absolute atomic E-state index is 4.61. The molecule has 0 aromatic rings. The van der Waals surface area contributed by atoms with Crippen LogP contribution in [0.4, 0.5) is 0 Å².